The zero-order valence-electron chi connectivity index (χ0n) is 21.0. The van der Waals surface area contributed by atoms with Crippen molar-refractivity contribution in [3.63, 3.8) is 0 Å². The Balaban J connectivity index is 1.70. The molecular weight excluding hydrogens is 426 g/mol. The second kappa shape index (κ2) is 10.0. The molecular formula is C28H39N3OS. The summed E-state index contributed by atoms with van der Waals surface area (Å²) in [7, 11) is 3.96. The molecule has 2 heterocycles. The Kier molecular flexibility index (Phi) is 7.28. The van der Waals surface area contributed by atoms with E-state index in [1.54, 1.807) is 11.3 Å². The molecule has 0 saturated carbocycles. The lowest BCUT2D eigenvalue weighted by atomic mass is 9.82. The van der Waals surface area contributed by atoms with Crippen LogP contribution in [0.1, 0.15) is 71.3 Å². The molecule has 178 valence electrons. The van der Waals surface area contributed by atoms with Crippen molar-refractivity contribution < 1.29 is 0 Å². The van der Waals surface area contributed by atoms with Crippen LogP contribution in [0.2, 0.25) is 0 Å². The van der Waals surface area contributed by atoms with Gasteiger partial charge in [-0.3, -0.25) is 4.79 Å². The molecule has 1 saturated heterocycles. The van der Waals surface area contributed by atoms with E-state index in [1.807, 2.05) is 19.0 Å². The topological polar surface area (TPSA) is 36.4 Å². The van der Waals surface area contributed by atoms with Gasteiger partial charge in [-0.15, -0.1) is 11.3 Å². The molecule has 0 bridgehead atoms. The van der Waals surface area contributed by atoms with Crippen LogP contribution < -0.4 is 15.2 Å². The van der Waals surface area contributed by atoms with Crippen molar-refractivity contribution in [2.75, 3.05) is 37.0 Å². The predicted molar refractivity (Wildman–Crippen MR) is 145 cm³/mol. The lowest BCUT2D eigenvalue weighted by Gasteiger charge is -2.29. The van der Waals surface area contributed by atoms with Crippen molar-refractivity contribution in [1.82, 2.24) is 4.98 Å². The molecule has 1 fully saturated rings. The lowest BCUT2D eigenvalue weighted by Crippen LogP contribution is -2.29. The number of aryl methyl sites for hydroxylation is 1. The third-order valence-electron chi connectivity index (χ3n) is 7.06. The maximum atomic E-state index is 13.5. The summed E-state index contributed by atoms with van der Waals surface area (Å²) in [5, 5.41) is 0. The molecule has 0 unspecified atom stereocenters. The molecule has 0 amide bonds. The Labute approximate surface area is 203 Å². The Hall–Kier alpha value is -2.14. The number of benzene rings is 2. The minimum absolute atomic E-state index is 0.172. The number of anilines is 2. The number of fused-ring (bicyclic) bond motifs is 2. The standard InChI is InChI=1S/C28H39N3OS/c1-6-14-28(2,3)15-10-11-20-18-23-27(25(26(20)32)30(4)5)33-24-19-21(12-13-22(24)29-23)31-16-8-7-9-17-31/h12-13,18-19H,6-11,14-17H2,1-5H3. The van der Waals surface area contributed by atoms with Crippen molar-refractivity contribution in [1.29, 1.82) is 0 Å². The number of piperidine rings is 1. The summed E-state index contributed by atoms with van der Waals surface area (Å²) in [6.07, 6.45) is 9.29. The summed E-state index contributed by atoms with van der Waals surface area (Å²) in [5.74, 6) is 0. The van der Waals surface area contributed by atoms with Crippen LogP contribution in [0.15, 0.2) is 29.1 Å². The Bertz CT molecular complexity index is 1130. The molecule has 4 nitrogen and oxygen atoms in total. The van der Waals surface area contributed by atoms with Crippen LogP contribution in [-0.2, 0) is 6.42 Å². The van der Waals surface area contributed by atoms with Crippen LogP contribution >= 0.6 is 11.3 Å². The first-order chi connectivity index (χ1) is 15.8. The monoisotopic (exact) mass is 465 g/mol. The van der Waals surface area contributed by atoms with Crippen LogP contribution in [0.25, 0.3) is 20.8 Å². The zero-order valence-corrected chi connectivity index (χ0v) is 21.9. The van der Waals surface area contributed by atoms with E-state index < -0.39 is 0 Å². The van der Waals surface area contributed by atoms with E-state index in [2.05, 4.69) is 49.9 Å². The highest BCUT2D eigenvalue weighted by molar-refractivity contribution is 7.22. The second-order valence-corrected chi connectivity index (χ2v) is 11.7. The Morgan fingerprint density at radius 2 is 1.85 bits per heavy atom. The highest BCUT2D eigenvalue weighted by atomic mass is 32.1. The van der Waals surface area contributed by atoms with Crippen LogP contribution in [0, 0.1) is 5.41 Å². The minimum Gasteiger partial charge on any atom is -0.373 e. The van der Waals surface area contributed by atoms with Gasteiger partial charge in [0.1, 0.15) is 5.69 Å². The first kappa shape index (κ1) is 24.0. The van der Waals surface area contributed by atoms with Crippen molar-refractivity contribution in [3.8, 4) is 10.6 Å². The molecule has 1 aromatic carbocycles. The molecule has 0 atom stereocenters. The van der Waals surface area contributed by atoms with Gasteiger partial charge in [0.05, 0.1) is 20.8 Å². The van der Waals surface area contributed by atoms with Gasteiger partial charge in [-0.05, 0) is 74.6 Å². The number of hydrogen-bond acceptors (Lipinski definition) is 5. The Morgan fingerprint density at radius 1 is 1.09 bits per heavy atom. The van der Waals surface area contributed by atoms with Crippen LogP contribution in [0.3, 0.4) is 0 Å². The van der Waals surface area contributed by atoms with Gasteiger partial charge in [-0.1, -0.05) is 27.2 Å². The molecule has 1 aromatic rings. The molecule has 0 N–H and O–H groups in total. The first-order valence-electron chi connectivity index (χ1n) is 12.6. The largest absolute Gasteiger partial charge is 0.373 e. The molecule has 0 spiro atoms. The van der Waals surface area contributed by atoms with Crippen molar-refractivity contribution >= 4 is 32.9 Å². The molecule has 2 aliphatic heterocycles. The molecule has 0 radical (unpaired) electrons. The fraction of sp³-hybridized carbons (Fsp3) is 0.571. The fourth-order valence-electron chi connectivity index (χ4n) is 5.27. The van der Waals surface area contributed by atoms with Crippen LogP contribution in [-0.4, -0.2) is 32.2 Å². The van der Waals surface area contributed by atoms with Gasteiger partial charge in [0.25, 0.3) is 0 Å². The normalized spacial score (nSPS) is 14.9. The summed E-state index contributed by atoms with van der Waals surface area (Å²) in [5.41, 5.74) is 5.45. The lowest BCUT2D eigenvalue weighted by molar-refractivity contribution is 0.296. The van der Waals surface area contributed by atoms with Crippen LogP contribution in [0.5, 0.6) is 0 Å². The van der Waals surface area contributed by atoms with Gasteiger partial charge in [0, 0.05) is 38.4 Å². The second-order valence-electron chi connectivity index (χ2n) is 10.6. The predicted octanol–water partition coefficient (Wildman–Crippen LogP) is 6.97. The molecule has 33 heavy (non-hydrogen) atoms. The van der Waals surface area contributed by atoms with E-state index in [0.717, 1.165) is 64.4 Å². The van der Waals surface area contributed by atoms with E-state index in [4.69, 9.17) is 4.98 Å². The highest BCUT2D eigenvalue weighted by Gasteiger charge is 2.22. The SMILES string of the molecule is CCCC(C)(C)CCCc1cc2nc3ccc(N4CCCCC4)cc3sc-2c(N(C)C)c1=O. The highest BCUT2D eigenvalue weighted by Crippen LogP contribution is 2.38. The smallest absolute Gasteiger partial charge is 0.206 e. The van der Waals surface area contributed by atoms with Gasteiger partial charge in [-0.25, -0.2) is 4.98 Å². The molecule has 5 heteroatoms. The molecule has 1 aliphatic carbocycles. The minimum atomic E-state index is 0.172. The van der Waals surface area contributed by atoms with Crippen LogP contribution in [0.4, 0.5) is 11.4 Å². The Morgan fingerprint density at radius 3 is 2.55 bits per heavy atom. The van der Waals surface area contributed by atoms with Crippen molar-refractivity contribution in [2.45, 2.75) is 72.1 Å². The molecule has 3 aliphatic rings. The number of hydrogen-bond donors (Lipinski definition) is 0. The third-order valence-corrected chi connectivity index (χ3v) is 8.21. The summed E-state index contributed by atoms with van der Waals surface area (Å²) in [6, 6.07) is 8.70. The van der Waals surface area contributed by atoms with Gasteiger partial charge in [-0.2, -0.15) is 0 Å². The zero-order chi connectivity index (χ0) is 23.6. The van der Waals surface area contributed by atoms with E-state index in [1.165, 1.54) is 37.8 Å². The molecule has 4 rings (SSSR count). The maximum absolute atomic E-state index is 13.5. The third kappa shape index (κ3) is 5.34. The van der Waals surface area contributed by atoms with E-state index in [0.29, 0.717) is 5.41 Å². The van der Waals surface area contributed by atoms with Gasteiger partial charge < -0.3 is 9.80 Å². The summed E-state index contributed by atoms with van der Waals surface area (Å²) >= 11 is 1.71. The van der Waals surface area contributed by atoms with Gasteiger partial charge >= 0.3 is 0 Å². The average molecular weight is 466 g/mol. The summed E-state index contributed by atoms with van der Waals surface area (Å²) < 4.78 is 1.15. The van der Waals surface area contributed by atoms with Crippen molar-refractivity contribution in [3.05, 3.63) is 40.1 Å². The summed E-state index contributed by atoms with van der Waals surface area (Å²) in [6.45, 7) is 9.19. The molecule has 0 aromatic heterocycles. The average Bonchev–Trinajstić information content (AvgIpc) is 2.78. The quantitative estimate of drug-likeness (QED) is 0.337. The van der Waals surface area contributed by atoms with Gasteiger partial charge in [0.15, 0.2) is 0 Å². The van der Waals surface area contributed by atoms with E-state index in [9.17, 15) is 4.79 Å². The maximum Gasteiger partial charge on any atom is 0.206 e. The van der Waals surface area contributed by atoms with E-state index in [-0.39, 0.29) is 5.43 Å². The van der Waals surface area contributed by atoms with Gasteiger partial charge in [0.2, 0.25) is 5.43 Å². The number of aromatic nitrogens is 1. The fourth-order valence-corrected chi connectivity index (χ4v) is 6.47. The first-order valence-corrected chi connectivity index (χ1v) is 13.4. The van der Waals surface area contributed by atoms with Crippen molar-refractivity contribution in [2.24, 2.45) is 5.41 Å². The number of rotatable bonds is 8. The number of nitrogens with zero attached hydrogens (tertiary/aromatic N) is 3. The van der Waals surface area contributed by atoms with E-state index >= 15 is 0 Å². The summed E-state index contributed by atoms with van der Waals surface area (Å²) in [4.78, 5) is 24.0.